The molecule has 2 N–H and O–H groups in total. The Bertz CT molecular complexity index is 404. The molecule has 5 nitrogen and oxygen atoms in total. The van der Waals surface area contributed by atoms with E-state index >= 15 is 0 Å². The molecule has 5 heteroatoms. The van der Waals surface area contributed by atoms with Gasteiger partial charge in [0, 0.05) is 5.56 Å². The van der Waals surface area contributed by atoms with Gasteiger partial charge in [-0.3, -0.25) is 14.4 Å². The van der Waals surface area contributed by atoms with E-state index in [-0.39, 0.29) is 18.4 Å². The molecular formula is C12H16N2O3. The van der Waals surface area contributed by atoms with Crippen molar-refractivity contribution in [3.63, 3.8) is 0 Å². The van der Waals surface area contributed by atoms with Crippen LogP contribution in [-0.2, 0) is 9.63 Å². The molecule has 0 bridgehead atoms. The fourth-order valence-electron chi connectivity index (χ4n) is 1.24. The molecule has 0 radical (unpaired) electrons. The summed E-state index contributed by atoms with van der Waals surface area (Å²) in [6, 6.07) is 7.15. The molecule has 0 saturated carbocycles. The van der Waals surface area contributed by atoms with Crippen molar-refractivity contribution in [3.8, 4) is 0 Å². The highest BCUT2D eigenvalue weighted by Crippen LogP contribution is 2.03. The first-order chi connectivity index (χ1) is 8.13. The SMILES string of the molecule is CCONC(=O)CNC(=O)c1cccc(C)c1. The second kappa shape index (κ2) is 6.65. The van der Waals surface area contributed by atoms with Gasteiger partial charge in [0.2, 0.25) is 0 Å². The molecule has 2 amide bonds. The van der Waals surface area contributed by atoms with E-state index in [0.29, 0.717) is 12.2 Å². The topological polar surface area (TPSA) is 67.4 Å². The molecule has 0 aliphatic carbocycles. The Kier molecular flexibility index (Phi) is 5.16. The van der Waals surface area contributed by atoms with Crippen molar-refractivity contribution in [2.24, 2.45) is 0 Å². The lowest BCUT2D eigenvalue weighted by Crippen LogP contribution is -2.36. The first kappa shape index (κ1) is 13.2. The van der Waals surface area contributed by atoms with Gasteiger partial charge in [0.15, 0.2) is 0 Å². The van der Waals surface area contributed by atoms with Gasteiger partial charge in [0.05, 0.1) is 13.2 Å². The van der Waals surface area contributed by atoms with Crippen LogP contribution in [0.4, 0.5) is 0 Å². The lowest BCUT2D eigenvalue weighted by atomic mass is 10.1. The van der Waals surface area contributed by atoms with E-state index in [4.69, 9.17) is 4.84 Å². The summed E-state index contributed by atoms with van der Waals surface area (Å²) in [6.07, 6.45) is 0. The Balaban J connectivity index is 2.42. The van der Waals surface area contributed by atoms with Crippen molar-refractivity contribution >= 4 is 11.8 Å². The van der Waals surface area contributed by atoms with Crippen LogP contribution in [-0.4, -0.2) is 25.0 Å². The van der Waals surface area contributed by atoms with Crippen LogP contribution in [0.1, 0.15) is 22.8 Å². The Morgan fingerprint density at radius 2 is 2.12 bits per heavy atom. The van der Waals surface area contributed by atoms with Crippen molar-refractivity contribution in [1.29, 1.82) is 0 Å². The monoisotopic (exact) mass is 236 g/mol. The molecular weight excluding hydrogens is 220 g/mol. The van der Waals surface area contributed by atoms with Gasteiger partial charge in [-0.1, -0.05) is 17.7 Å². The summed E-state index contributed by atoms with van der Waals surface area (Å²) in [5, 5.41) is 2.50. The summed E-state index contributed by atoms with van der Waals surface area (Å²) in [4.78, 5) is 27.5. The third-order valence-corrected chi connectivity index (χ3v) is 2.02. The summed E-state index contributed by atoms with van der Waals surface area (Å²) in [7, 11) is 0. The number of benzene rings is 1. The molecule has 0 spiro atoms. The minimum atomic E-state index is -0.382. The van der Waals surface area contributed by atoms with Gasteiger partial charge in [-0.2, -0.15) is 0 Å². The normalized spacial score (nSPS) is 9.76. The minimum absolute atomic E-state index is 0.104. The van der Waals surface area contributed by atoms with E-state index in [0.717, 1.165) is 5.56 Å². The Labute approximate surface area is 100 Å². The third kappa shape index (κ3) is 4.65. The minimum Gasteiger partial charge on any atom is -0.343 e. The predicted octanol–water partition coefficient (Wildman–Crippen LogP) is 0.793. The number of amides is 2. The fourth-order valence-corrected chi connectivity index (χ4v) is 1.24. The van der Waals surface area contributed by atoms with Crippen LogP contribution in [0, 0.1) is 6.92 Å². The predicted molar refractivity (Wildman–Crippen MR) is 63.3 cm³/mol. The highest BCUT2D eigenvalue weighted by atomic mass is 16.6. The zero-order valence-corrected chi connectivity index (χ0v) is 9.95. The van der Waals surface area contributed by atoms with E-state index < -0.39 is 0 Å². The summed E-state index contributed by atoms with van der Waals surface area (Å²) in [5.74, 6) is -0.659. The molecule has 17 heavy (non-hydrogen) atoms. The van der Waals surface area contributed by atoms with Crippen LogP contribution in [0.15, 0.2) is 24.3 Å². The number of hydrogen-bond donors (Lipinski definition) is 2. The molecule has 1 aromatic rings. The smallest absolute Gasteiger partial charge is 0.262 e. The van der Waals surface area contributed by atoms with Crippen molar-refractivity contribution in [2.45, 2.75) is 13.8 Å². The zero-order chi connectivity index (χ0) is 12.7. The molecule has 0 saturated heterocycles. The molecule has 0 aliphatic heterocycles. The van der Waals surface area contributed by atoms with Crippen LogP contribution in [0.3, 0.4) is 0 Å². The van der Waals surface area contributed by atoms with Gasteiger partial charge in [-0.05, 0) is 26.0 Å². The fraction of sp³-hybridized carbons (Fsp3) is 0.333. The van der Waals surface area contributed by atoms with Crippen molar-refractivity contribution in [3.05, 3.63) is 35.4 Å². The quantitative estimate of drug-likeness (QED) is 0.743. The number of hydroxylamine groups is 1. The van der Waals surface area contributed by atoms with Crippen LogP contribution >= 0.6 is 0 Å². The third-order valence-electron chi connectivity index (χ3n) is 2.02. The molecule has 0 unspecified atom stereocenters. The first-order valence-electron chi connectivity index (χ1n) is 5.39. The second-order valence-corrected chi connectivity index (χ2v) is 3.51. The molecule has 0 aromatic heterocycles. The highest BCUT2D eigenvalue weighted by Gasteiger charge is 2.07. The second-order valence-electron chi connectivity index (χ2n) is 3.51. The summed E-state index contributed by atoms with van der Waals surface area (Å²) < 4.78 is 0. The Hall–Kier alpha value is -1.88. The lowest BCUT2D eigenvalue weighted by Gasteiger charge is -2.06. The lowest BCUT2D eigenvalue weighted by molar-refractivity contribution is -0.132. The summed E-state index contributed by atoms with van der Waals surface area (Å²) in [5.41, 5.74) is 3.73. The van der Waals surface area contributed by atoms with Crippen molar-refractivity contribution in [2.75, 3.05) is 13.2 Å². The van der Waals surface area contributed by atoms with E-state index in [9.17, 15) is 9.59 Å². The van der Waals surface area contributed by atoms with Crippen LogP contribution < -0.4 is 10.8 Å². The van der Waals surface area contributed by atoms with E-state index in [1.54, 1.807) is 25.1 Å². The summed E-state index contributed by atoms with van der Waals surface area (Å²) >= 11 is 0. The van der Waals surface area contributed by atoms with Gasteiger partial charge in [0.1, 0.15) is 0 Å². The molecule has 92 valence electrons. The maximum atomic E-state index is 11.6. The molecule has 0 fully saturated rings. The largest absolute Gasteiger partial charge is 0.343 e. The maximum Gasteiger partial charge on any atom is 0.262 e. The van der Waals surface area contributed by atoms with Crippen LogP contribution in [0.5, 0.6) is 0 Å². The van der Waals surface area contributed by atoms with Gasteiger partial charge in [0.25, 0.3) is 11.8 Å². The van der Waals surface area contributed by atoms with E-state index in [1.807, 2.05) is 13.0 Å². The van der Waals surface area contributed by atoms with E-state index in [2.05, 4.69) is 10.8 Å². The molecule has 1 aromatic carbocycles. The Morgan fingerprint density at radius 3 is 2.76 bits per heavy atom. The standard InChI is InChI=1S/C12H16N2O3/c1-3-17-14-11(15)8-13-12(16)10-6-4-5-9(2)7-10/h4-7H,3,8H2,1-2H3,(H,13,16)(H,14,15). The average molecular weight is 236 g/mol. The van der Waals surface area contributed by atoms with Crippen LogP contribution in [0.25, 0.3) is 0 Å². The molecule has 0 atom stereocenters. The van der Waals surface area contributed by atoms with Gasteiger partial charge in [-0.25, -0.2) is 5.48 Å². The van der Waals surface area contributed by atoms with E-state index in [1.165, 1.54) is 0 Å². The number of hydrogen-bond acceptors (Lipinski definition) is 3. The van der Waals surface area contributed by atoms with Crippen LogP contribution in [0.2, 0.25) is 0 Å². The molecule has 0 heterocycles. The zero-order valence-electron chi connectivity index (χ0n) is 9.95. The molecule has 1 rings (SSSR count). The van der Waals surface area contributed by atoms with Crippen molar-refractivity contribution in [1.82, 2.24) is 10.8 Å². The highest BCUT2D eigenvalue weighted by molar-refractivity contribution is 5.96. The van der Waals surface area contributed by atoms with Gasteiger partial charge >= 0.3 is 0 Å². The maximum absolute atomic E-state index is 11.6. The van der Waals surface area contributed by atoms with Gasteiger partial charge in [-0.15, -0.1) is 0 Å². The number of rotatable bonds is 5. The number of nitrogens with one attached hydrogen (secondary N) is 2. The Morgan fingerprint density at radius 1 is 1.35 bits per heavy atom. The molecule has 0 aliphatic rings. The number of carbonyl (C=O) groups excluding carboxylic acids is 2. The summed E-state index contributed by atoms with van der Waals surface area (Å²) in [6.45, 7) is 3.94. The first-order valence-corrected chi connectivity index (χ1v) is 5.39. The number of aryl methyl sites for hydroxylation is 1. The van der Waals surface area contributed by atoms with Gasteiger partial charge < -0.3 is 5.32 Å². The van der Waals surface area contributed by atoms with Crippen molar-refractivity contribution < 1.29 is 14.4 Å². The number of carbonyl (C=O) groups is 2. The average Bonchev–Trinajstić information content (AvgIpc) is 2.33.